The second-order valence-corrected chi connectivity index (χ2v) is 4.65. The van der Waals surface area contributed by atoms with Crippen LogP contribution in [0, 0.1) is 5.92 Å². The Morgan fingerprint density at radius 2 is 1.41 bits per heavy atom. The first kappa shape index (κ1) is 16.6. The van der Waals surface area contributed by atoms with Gasteiger partial charge in [0.15, 0.2) is 0 Å². The molecule has 0 saturated heterocycles. The molecule has 4 heteroatoms. The normalized spacial score (nSPS) is 11.4. The molecule has 0 aromatic heterocycles. The molecule has 0 unspecified atom stereocenters. The standard InChI is InChI=1S/C13H22N2S2/c1-2-3-4-5-6-7-8-13(9-14-11-16)10-15-12-17/h13H,2-10H2,1H3. The van der Waals surface area contributed by atoms with E-state index in [-0.39, 0.29) is 0 Å². The third kappa shape index (κ3) is 11.9. The van der Waals surface area contributed by atoms with E-state index in [1.165, 1.54) is 38.5 Å². The summed E-state index contributed by atoms with van der Waals surface area (Å²) < 4.78 is 0. The lowest BCUT2D eigenvalue weighted by Crippen LogP contribution is -2.08. The van der Waals surface area contributed by atoms with Crippen molar-refractivity contribution in [3.8, 4) is 0 Å². The van der Waals surface area contributed by atoms with Gasteiger partial charge < -0.3 is 0 Å². The summed E-state index contributed by atoms with van der Waals surface area (Å²) >= 11 is 9.17. The average molecular weight is 270 g/mol. The molecular weight excluding hydrogens is 248 g/mol. The van der Waals surface area contributed by atoms with E-state index < -0.39 is 0 Å². The predicted octanol–water partition coefficient (Wildman–Crippen LogP) is 4.56. The summed E-state index contributed by atoms with van der Waals surface area (Å²) in [6, 6.07) is 0. The lowest BCUT2D eigenvalue weighted by atomic mass is 10.0. The van der Waals surface area contributed by atoms with Crippen LogP contribution in [-0.2, 0) is 0 Å². The van der Waals surface area contributed by atoms with Crippen molar-refractivity contribution in [3.63, 3.8) is 0 Å². The number of isothiocyanates is 2. The second-order valence-electron chi connectivity index (χ2n) is 4.29. The maximum atomic E-state index is 4.58. The zero-order valence-electron chi connectivity index (χ0n) is 10.7. The molecule has 0 bridgehead atoms. The minimum absolute atomic E-state index is 0.451. The van der Waals surface area contributed by atoms with Crippen LogP contribution in [0.3, 0.4) is 0 Å². The van der Waals surface area contributed by atoms with E-state index in [0.717, 1.165) is 19.5 Å². The summed E-state index contributed by atoms with van der Waals surface area (Å²) in [5.74, 6) is 0.451. The molecule has 17 heavy (non-hydrogen) atoms. The van der Waals surface area contributed by atoms with Crippen LogP contribution in [0.4, 0.5) is 0 Å². The molecule has 0 aliphatic rings. The molecule has 0 heterocycles. The topological polar surface area (TPSA) is 24.7 Å². The molecule has 0 spiro atoms. The maximum absolute atomic E-state index is 4.58. The molecule has 0 saturated carbocycles. The monoisotopic (exact) mass is 270 g/mol. The van der Waals surface area contributed by atoms with E-state index >= 15 is 0 Å². The molecule has 0 aromatic carbocycles. The van der Waals surface area contributed by atoms with Crippen molar-refractivity contribution in [2.24, 2.45) is 15.9 Å². The molecule has 0 aliphatic carbocycles. The van der Waals surface area contributed by atoms with Crippen molar-refractivity contribution < 1.29 is 0 Å². The maximum Gasteiger partial charge on any atom is 0.0585 e. The zero-order chi connectivity index (χ0) is 12.8. The summed E-state index contributed by atoms with van der Waals surface area (Å²) in [4.78, 5) is 7.99. The van der Waals surface area contributed by atoms with Crippen molar-refractivity contribution in [1.29, 1.82) is 0 Å². The van der Waals surface area contributed by atoms with Gasteiger partial charge in [-0.25, -0.2) is 9.98 Å². The fraction of sp³-hybridized carbons (Fsp3) is 0.846. The van der Waals surface area contributed by atoms with Gasteiger partial charge >= 0.3 is 0 Å². The summed E-state index contributed by atoms with van der Waals surface area (Å²) in [5.41, 5.74) is 0. The van der Waals surface area contributed by atoms with Crippen LogP contribution in [0.15, 0.2) is 9.98 Å². The van der Waals surface area contributed by atoms with Gasteiger partial charge in [-0.1, -0.05) is 45.4 Å². The molecule has 0 fully saturated rings. The van der Waals surface area contributed by atoms with Crippen LogP contribution in [0.2, 0.25) is 0 Å². The second kappa shape index (κ2) is 13.7. The van der Waals surface area contributed by atoms with E-state index in [1.807, 2.05) is 0 Å². The van der Waals surface area contributed by atoms with Gasteiger partial charge in [-0.2, -0.15) is 0 Å². The number of nitrogens with zero attached hydrogens (tertiary/aromatic N) is 2. The SMILES string of the molecule is CCCCCCCCC(CN=C=S)CN=C=S. The van der Waals surface area contributed by atoms with Crippen LogP contribution in [0.5, 0.6) is 0 Å². The molecule has 0 atom stereocenters. The van der Waals surface area contributed by atoms with E-state index in [4.69, 9.17) is 0 Å². The minimum atomic E-state index is 0.451. The quantitative estimate of drug-likeness (QED) is 0.312. The highest BCUT2D eigenvalue weighted by molar-refractivity contribution is 7.78. The first-order valence-electron chi connectivity index (χ1n) is 6.42. The highest BCUT2D eigenvalue weighted by Crippen LogP contribution is 2.13. The molecular formula is C13H22N2S2. The van der Waals surface area contributed by atoms with Crippen LogP contribution >= 0.6 is 24.4 Å². The summed E-state index contributed by atoms with van der Waals surface area (Å²) in [7, 11) is 0. The van der Waals surface area contributed by atoms with Gasteiger partial charge in [0.2, 0.25) is 0 Å². The van der Waals surface area contributed by atoms with Crippen LogP contribution in [0.1, 0.15) is 51.9 Å². The lowest BCUT2D eigenvalue weighted by Gasteiger charge is -2.10. The molecule has 96 valence electrons. The van der Waals surface area contributed by atoms with Gasteiger partial charge in [0.05, 0.1) is 23.4 Å². The van der Waals surface area contributed by atoms with Crippen molar-refractivity contribution in [2.45, 2.75) is 51.9 Å². The Labute approximate surface area is 116 Å². The van der Waals surface area contributed by atoms with Crippen molar-refractivity contribution in [1.82, 2.24) is 0 Å². The third-order valence-corrected chi connectivity index (χ3v) is 3.05. The van der Waals surface area contributed by atoms with Crippen LogP contribution in [-0.4, -0.2) is 23.4 Å². The highest BCUT2D eigenvalue weighted by atomic mass is 32.1. The molecule has 0 N–H and O–H groups in total. The van der Waals surface area contributed by atoms with Crippen molar-refractivity contribution in [3.05, 3.63) is 0 Å². The van der Waals surface area contributed by atoms with Gasteiger partial charge in [-0.05, 0) is 36.8 Å². The van der Waals surface area contributed by atoms with E-state index in [0.29, 0.717) is 5.92 Å². The smallest absolute Gasteiger partial charge is 0.0585 e. The number of unbranched alkanes of at least 4 members (excludes halogenated alkanes) is 5. The largest absolute Gasteiger partial charge is 0.232 e. The number of hydrogen-bond acceptors (Lipinski definition) is 4. The first-order valence-corrected chi connectivity index (χ1v) is 7.24. The Bertz CT molecular complexity index is 247. The van der Waals surface area contributed by atoms with Gasteiger partial charge in [0.25, 0.3) is 0 Å². The Morgan fingerprint density at radius 3 is 1.94 bits per heavy atom. The van der Waals surface area contributed by atoms with Crippen LogP contribution < -0.4 is 0 Å². The van der Waals surface area contributed by atoms with Crippen molar-refractivity contribution in [2.75, 3.05) is 13.1 Å². The molecule has 2 nitrogen and oxygen atoms in total. The minimum Gasteiger partial charge on any atom is -0.232 e. The molecule has 0 amide bonds. The van der Waals surface area contributed by atoms with Crippen LogP contribution in [0.25, 0.3) is 0 Å². The first-order chi connectivity index (χ1) is 8.35. The predicted molar refractivity (Wildman–Crippen MR) is 81.3 cm³/mol. The Morgan fingerprint density at radius 1 is 0.882 bits per heavy atom. The molecule has 0 aliphatic heterocycles. The molecule has 0 aromatic rings. The third-order valence-electron chi connectivity index (χ3n) is 2.79. The number of hydrogen-bond donors (Lipinski definition) is 0. The van der Waals surface area contributed by atoms with Crippen molar-refractivity contribution >= 4 is 34.8 Å². The molecule has 0 rings (SSSR count). The number of rotatable bonds is 11. The van der Waals surface area contributed by atoms with Gasteiger partial charge in [-0.3, -0.25) is 0 Å². The summed E-state index contributed by atoms with van der Waals surface area (Å²) in [6.07, 6.45) is 9.05. The Kier molecular flexibility index (Phi) is 13.3. The van der Waals surface area contributed by atoms with E-state index in [9.17, 15) is 0 Å². The summed E-state index contributed by atoms with van der Waals surface area (Å²) in [6.45, 7) is 3.68. The Hall–Kier alpha value is -0.400. The fourth-order valence-corrected chi connectivity index (χ4v) is 1.94. The lowest BCUT2D eigenvalue weighted by molar-refractivity contribution is 0.470. The molecule has 0 radical (unpaired) electrons. The zero-order valence-corrected chi connectivity index (χ0v) is 12.3. The number of aliphatic imine (C=N–C) groups is 2. The highest BCUT2D eigenvalue weighted by Gasteiger charge is 2.06. The van der Waals surface area contributed by atoms with Gasteiger partial charge in [0.1, 0.15) is 0 Å². The Balaban J connectivity index is 3.66. The number of thiocarbonyl (C=S) groups is 2. The van der Waals surface area contributed by atoms with Gasteiger partial charge in [0, 0.05) is 0 Å². The summed E-state index contributed by atoms with van der Waals surface area (Å²) in [5, 5.41) is 4.83. The van der Waals surface area contributed by atoms with E-state index in [2.05, 4.69) is 51.7 Å². The van der Waals surface area contributed by atoms with Gasteiger partial charge in [-0.15, -0.1) is 0 Å². The average Bonchev–Trinajstić information content (AvgIpc) is 2.35. The fourth-order valence-electron chi connectivity index (χ4n) is 1.79. The van der Waals surface area contributed by atoms with E-state index in [1.54, 1.807) is 0 Å².